The van der Waals surface area contributed by atoms with Gasteiger partial charge in [-0.05, 0) is 104 Å². The molecular weight excluding hydrogens is 598 g/mol. The molecule has 1 spiro atoms. The van der Waals surface area contributed by atoms with Gasteiger partial charge in [-0.15, -0.1) is 0 Å². The summed E-state index contributed by atoms with van der Waals surface area (Å²) < 4.78 is 36.8. The van der Waals surface area contributed by atoms with Crippen molar-refractivity contribution >= 4 is 16.8 Å². The Balaban J connectivity index is 1.12. The van der Waals surface area contributed by atoms with Crippen LogP contribution in [0.4, 0.5) is 8.78 Å². The van der Waals surface area contributed by atoms with Gasteiger partial charge in [-0.2, -0.15) is 10.2 Å². The Morgan fingerprint density at radius 1 is 1.06 bits per heavy atom. The number of pyridine rings is 2. The molecule has 2 aliphatic heterocycles. The third kappa shape index (κ3) is 6.63. The Labute approximate surface area is 274 Å². The summed E-state index contributed by atoms with van der Waals surface area (Å²) in [5.41, 5.74) is 3.44. The number of carbonyl (C=O) groups is 1. The lowest BCUT2D eigenvalue weighted by atomic mass is 9.77. The Bertz CT molecular complexity index is 1740. The highest BCUT2D eigenvalue weighted by Crippen LogP contribution is 2.40. The van der Waals surface area contributed by atoms with Gasteiger partial charge in [0.2, 0.25) is 0 Å². The highest BCUT2D eigenvalue weighted by atomic mass is 19.1. The molecule has 5 heterocycles. The first kappa shape index (κ1) is 31.7. The average molecular weight is 641 g/mol. The molecular formula is C37H42F2N6O2. The van der Waals surface area contributed by atoms with Crippen LogP contribution < -0.4 is 5.32 Å². The number of fused-ring (bicyclic) bond motifs is 2. The number of rotatable bonds is 8. The molecule has 1 N–H and O–H groups in total. The number of hydrogen-bond acceptors (Lipinski definition) is 7. The fourth-order valence-electron chi connectivity index (χ4n) is 7.45. The number of nitrogens with one attached hydrogen (secondary N) is 1. The van der Waals surface area contributed by atoms with Gasteiger partial charge in [-0.25, -0.2) is 13.8 Å². The molecule has 2 atom stereocenters. The topological polar surface area (TPSA) is 93.1 Å². The van der Waals surface area contributed by atoms with E-state index in [-0.39, 0.29) is 35.4 Å². The summed E-state index contributed by atoms with van der Waals surface area (Å²) in [7, 11) is 0. The van der Waals surface area contributed by atoms with Gasteiger partial charge in [0.05, 0.1) is 30.7 Å². The zero-order chi connectivity index (χ0) is 32.6. The van der Waals surface area contributed by atoms with Crippen LogP contribution in [0.3, 0.4) is 0 Å². The van der Waals surface area contributed by atoms with E-state index in [9.17, 15) is 4.79 Å². The summed E-state index contributed by atoms with van der Waals surface area (Å²) in [6.07, 6.45) is 10.2. The minimum Gasteiger partial charge on any atom is -0.381 e. The average Bonchev–Trinajstić information content (AvgIpc) is 3.54. The summed E-state index contributed by atoms with van der Waals surface area (Å²) in [6.45, 7) is 8.31. The van der Waals surface area contributed by atoms with E-state index in [1.807, 2.05) is 38.1 Å². The zero-order valence-electron chi connectivity index (χ0n) is 27.1. The third-order valence-corrected chi connectivity index (χ3v) is 10.8. The van der Waals surface area contributed by atoms with Crippen LogP contribution in [0.2, 0.25) is 0 Å². The molecule has 3 aromatic heterocycles. The molecule has 10 heteroatoms. The molecule has 2 saturated heterocycles. The fraction of sp³-hybridized carbons (Fsp3) is 0.486. The molecule has 7 rings (SSSR count). The number of aryl methyl sites for hydroxylation is 1. The van der Waals surface area contributed by atoms with E-state index in [0.29, 0.717) is 30.1 Å². The van der Waals surface area contributed by atoms with Gasteiger partial charge in [0.15, 0.2) is 0 Å². The Morgan fingerprint density at radius 2 is 1.91 bits per heavy atom. The van der Waals surface area contributed by atoms with Gasteiger partial charge in [-0.1, -0.05) is 19.9 Å². The second-order valence-corrected chi connectivity index (χ2v) is 14.1. The van der Waals surface area contributed by atoms with Gasteiger partial charge in [0.1, 0.15) is 17.0 Å². The van der Waals surface area contributed by atoms with Crippen molar-refractivity contribution in [2.45, 2.75) is 70.5 Å². The number of halogens is 2. The normalized spacial score (nSPS) is 21.6. The van der Waals surface area contributed by atoms with Crippen LogP contribution in [-0.4, -0.2) is 69.5 Å². The minimum atomic E-state index is -1.32. The maximum absolute atomic E-state index is 15.6. The van der Waals surface area contributed by atoms with Crippen molar-refractivity contribution < 1.29 is 18.3 Å². The van der Waals surface area contributed by atoms with Crippen LogP contribution in [0.5, 0.6) is 0 Å². The standard InChI is InChI=1S/C37H42F2N6O2/c1-24(2)37(39)8-5-32-29(20-37)18-27-17-28(19-30(38)34(27)43-32)35(46)44-33(7-13-45-14-9-36(10-15-45)11-16-47-23-36)25-3-4-31(40-21-25)26-6-12-41-42-22-26/h3-4,6,12,17-19,21-22,24,33H,5,7-11,13-16,20,23H2,1-2H3,(H,44,46). The maximum atomic E-state index is 15.6. The van der Waals surface area contributed by atoms with Crippen LogP contribution in [0.25, 0.3) is 22.2 Å². The van der Waals surface area contributed by atoms with Crippen LogP contribution >= 0.6 is 0 Å². The highest BCUT2D eigenvalue weighted by Gasteiger charge is 2.39. The second-order valence-electron chi connectivity index (χ2n) is 14.1. The van der Waals surface area contributed by atoms with Crippen LogP contribution in [0, 0.1) is 17.2 Å². The zero-order valence-corrected chi connectivity index (χ0v) is 27.1. The molecule has 246 valence electrons. The number of carbonyl (C=O) groups excluding carboxylic acids is 1. The van der Waals surface area contributed by atoms with Crippen molar-refractivity contribution in [2.75, 3.05) is 32.8 Å². The summed E-state index contributed by atoms with van der Waals surface area (Å²) in [4.78, 5) is 25.5. The number of ether oxygens (including phenoxy) is 1. The summed E-state index contributed by atoms with van der Waals surface area (Å²) in [5.74, 6) is -1.06. The van der Waals surface area contributed by atoms with Crippen LogP contribution in [0.15, 0.2) is 55.0 Å². The quantitative estimate of drug-likeness (QED) is 0.237. The van der Waals surface area contributed by atoms with Crippen molar-refractivity contribution in [3.05, 3.63) is 83.2 Å². The predicted octanol–water partition coefficient (Wildman–Crippen LogP) is 6.44. The lowest BCUT2D eigenvalue weighted by Gasteiger charge is -2.38. The first-order valence-corrected chi connectivity index (χ1v) is 16.9. The molecule has 0 radical (unpaired) electrons. The summed E-state index contributed by atoms with van der Waals surface area (Å²) in [5, 5.41) is 11.5. The molecule has 1 amide bonds. The van der Waals surface area contributed by atoms with Gasteiger partial charge < -0.3 is 15.0 Å². The van der Waals surface area contributed by atoms with E-state index in [0.717, 1.165) is 80.2 Å². The second kappa shape index (κ2) is 13.0. The Hall–Kier alpha value is -3.89. The number of benzene rings is 1. The Kier molecular flexibility index (Phi) is 8.74. The fourth-order valence-corrected chi connectivity index (χ4v) is 7.45. The van der Waals surface area contributed by atoms with Crippen LogP contribution in [0.1, 0.15) is 79.2 Å². The number of nitrogens with zero attached hydrogens (tertiary/aromatic N) is 5. The van der Waals surface area contributed by atoms with E-state index < -0.39 is 11.5 Å². The molecule has 1 aliphatic carbocycles. The van der Waals surface area contributed by atoms with Crippen molar-refractivity contribution in [1.82, 2.24) is 30.4 Å². The SMILES string of the molecule is CC(C)C1(F)CCc2nc3c(F)cc(C(=O)NC(CCN4CCC5(CCOC5)CC4)c4ccc(-c5ccnnc5)nc4)cc3cc2C1. The largest absolute Gasteiger partial charge is 0.381 e. The molecule has 0 bridgehead atoms. The van der Waals surface area contributed by atoms with Gasteiger partial charge >= 0.3 is 0 Å². The smallest absolute Gasteiger partial charge is 0.251 e. The third-order valence-electron chi connectivity index (χ3n) is 10.8. The number of aromatic nitrogens is 4. The molecule has 4 aromatic rings. The summed E-state index contributed by atoms with van der Waals surface area (Å²) >= 11 is 0. The maximum Gasteiger partial charge on any atom is 0.251 e. The number of amides is 1. The van der Waals surface area contributed by atoms with E-state index >= 15 is 8.78 Å². The van der Waals surface area contributed by atoms with Gasteiger partial charge in [0.25, 0.3) is 5.91 Å². The first-order chi connectivity index (χ1) is 22.7. The monoisotopic (exact) mass is 640 g/mol. The first-order valence-electron chi connectivity index (χ1n) is 16.9. The van der Waals surface area contributed by atoms with E-state index in [4.69, 9.17) is 4.74 Å². The van der Waals surface area contributed by atoms with Crippen molar-refractivity contribution in [2.24, 2.45) is 11.3 Å². The molecule has 1 aromatic carbocycles. The molecule has 3 aliphatic rings. The van der Waals surface area contributed by atoms with Crippen molar-refractivity contribution in [3.63, 3.8) is 0 Å². The number of hydrogen-bond donors (Lipinski definition) is 1. The number of piperidine rings is 1. The predicted molar refractivity (Wildman–Crippen MR) is 176 cm³/mol. The van der Waals surface area contributed by atoms with Gasteiger partial charge in [-0.3, -0.25) is 9.78 Å². The molecule has 2 fully saturated rings. The van der Waals surface area contributed by atoms with Crippen molar-refractivity contribution in [3.8, 4) is 11.3 Å². The lowest BCUT2D eigenvalue weighted by molar-refractivity contribution is 0.0775. The van der Waals surface area contributed by atoms with E-state index in [1.165, 1.54) is 6.07 Å². The highest BCUT2D eigenvalue weighted by molar-refractivity contribution is 5.98. The van der Waals surface area contributed by atoms with E-state index in [1.54, 1.807) is 24.7 Å². The minimum absolute atomic E-state index is 0.134. The van der Waals surface area contributed by atoms with Crippen LogP contribution in [-0.2, 0) is 17.6 Å². The van der Waals surface area contributed by atoms with E-state index in [2.05, 4.69) is 30.4 Å². The number of alkyl halides is 1. The molecule has 0 saturated carbocycles. The van der Waals surface area contributed by atoms with Crippen molar-refractivity contribution in [1.29, 1.82) is 0 Å². The molecule has 47 heavy (non-hydrogen) atoms. The molecule has 8 nitrogen and oxygen atoms in total. The number of likely N-dealkylation sites (tertiary alicyclic amines) is 1. The molecule has 2 unspecified atom stereocenters. The lowest BCUT2D eigenvalue weighted by Crippen LogP contribution is -2.41. The Morgan fingerprint density at radius 3 is 2.62 bits per heavy atom. The summed E-state index contributed by atoms with van der Waals surface area (Å²) in [6, 6.07) is 10.2. The van der Waals surface area contributed by atoms with Gasteiger partial charge in [0, 0.05) is 48.0 Å².